The predicted molar refractivity (Wildman–Crippen MR) is 73.6 cm³/mol. The number of hydrogen-bond donors (Lipinski definition) is 0. The Morgan fingerprint density at radius 2 is 1.72 bits per heavy atom. The molecule has 1 rings (SSSR count). The maximum absolute atomic E-state index is 11.9. The smallest absolute Gasteiger partial charge is 0.224 e. The summed E-state index contributed by atoms with van der Waals surface area (Å²) in [6.45, 7) is 13.7. The van der Waals surface area contributed by atoms with Crippen LogP contribution in [0.2, 0.25) is 0 Å². The maximum Gasteiger partial charge on any atom is 0.224 e. The Labute approximate surface area is 111 Å². The van der Waals surface area contributed by atoms with E-state index in [0.717, 1.165) is 32.8 Å². The van der Waals surface area contributed by atoms with E-state index in [2.05, 4.69) is 32.6 Å². The third-order valence-electron chi connectivity index (χ3n) is 3.31. The van der Waals surface area contributed by atoms with E-state index >= 15 is 0 Å². The lowest BCUT2D eigenvalue weighted by atomic mass is 10.2. The molecule has 0 aromatic carbocycles. The van der Waals surface area contributed by atoms with Gasteiger partial charge in [-0.15, -0.1) is 0 Å². The molecule has 0 spiro atoms. The summed E-state index contributed by atoms with van der Waals surface area (Å²) >= 11 is 0. The van der Waals surface area contributed by atoms with Crippen LogP contribution in [0.25, 0.3) is 0 Å². The highest BCUT2D eigenvalue weighted by Crippen LogP contribution is 2.07. The van der Waals surface area contributed by atoms with E-state index in [0.29, 0.717) is 25.0 Å². The largest absolute Gasteiger partial charge is 0.381 e. The van der Waals surface area contributed by atoms with E-state index in [1.165, 1.54) is 0 Å². The number of rotatable bonds is 6. The number of carbonyl (C=O) groups is 1. The third-order valence-corrected chi connectivity index (χ3v) is 3.31. The van der Waals surface area contributed by atoms with Crippen LogP contribution in [0, 0.1) is 5.92 Å². The molecule has 4 nitrogen and oxygen atoms in total. The average Bonchev–Trinajstić information content (AvgIpc) is 2.34. The quantitative estimate of drug-likeness (QED) is 0.677. The minimum Gasteiger partial charge on any atom is -0.381 e. The van der Waals surface area contributed by atoms with Gasteiger partial charge in [0.2, 0.25) is 5.91 Å². The standard InChI is InChI=1S/C14H28N2O2/c1-12(2)11-18-10-5-14(17)16-8-6-15(7-9-16)13(3)4/h12-13H,5-11H2,1-4H3. The fraction of sp³-hybridized carbons (Fsp3) is 0.929. The Kier molecular flexibility index (Phi) is 6.65. The zero-order valence-electron chi connectivity index (χ0n) is 12.3. The number of nitrogens with zero attached hydrogens (tertiary/aromatic N) is 2. The molecule has 1 heterocycles. The Balaban J connectivity index is 2.16. The van der Waals surface area contributed by atoms with Gasteiger partial charge < -0.3 is 9.64 Å². The van der Waals surface area contributed by atoms with Gasteiger partial charge in [-0.25, -0.2) is 0 Å². The van der Waals surface area contributed by atoms with Crippen LogP contribution >= 0.6 is 0 Å². The van der Waals surface area contributed by atoms with E-state index in [1.54, 1.807) is 0 Å². The molecule has 0 aliphatic carbocycles. The Morgan fingerprint density at radius 3 is 2.22 bits per heavy atom. The molecule has 1 saturated heterocycles. The number of carbonyl (C=O) groups excluding carboxylic acids is 1. The van der Waals surface area contributed by atoms with Crippen molar-refractivity contribution in [3.63, 3.8) is 0 Å². The van der Waals surface area contributed by atoms with Gasteiger partial charge in [-0.1, -0.05) is 13.8 Å². The summed E-state index contributed by atoms with van der Waals surface area (Å²) in [7, 11) is 0. The minimum atomic E-state index is 0.238. The molecule has 0 atom stereocenters. The average molecular weight is 256 g/mol. The SMILES string of the molecule is CC(C)COCCC(=O)N1CCN(C(C)C)CC1. The van der Waals surface area contributed by atoms with Gasteiger partial charge in [0.15, 0.2) is 0 Å². The fourth-order valence-electron chi connectivity index (χ4n) is 2.12. The summed E-state index contributed by atoms with van der Waals surface area (Å²) in [5, 5.41) is 0. The second-order valence-corrected chi connectivity index (χ2v) is 5.73. The van der Waals surface area contributed by atoms with Crippen molar-refractivity contribution < 1.29 is 9.53 Å². The van der Waals surface area contributed by atoms with Crippen LogP contribution in [0.3, 0.4) is 0 Å². The molecule has 0 radical (unpaired) electrons. The first-order valence-electron chi connectivity index (χ1n) is 7.10. The van der Waals surface area contributed by atoms with Gasteiger partial charge >= 0.3 is 0 Å². The molecular formula is C14H28N2O2. The van der Waals surface area contributed by atoms with Crippen LogP contribution in [0.1, 0.15) is 34.1 Å². The van der Waals surface area contributed by atoms with Crippen molar-refractivity contribution in [3.05, 3.63) is 0 Å². The molecule has 106 valence electrons. The lowest BCUT2D eigenvalue weighted by Gasteiger charge is -2.37. The first-order valence-corrected chi connectivity index (χ1v) is 7.10. The van der Waals surface area contributed by atoms with Gasteiger partial charge in [0.25, 0.3) is 0 Å². The zero-order chi connectivity index (χ0) is 13.5. The Morgan fingerprint density at radius 1 is 1.11 bits per heavy atom. The molecule has 1 aliphatic heterocycles. The molecule has 0 bridgehead atoms. The normalized spacial score (nSPS) is 17.8. The van der Waals surface area contributed by atoms with Crippen molar-refractivity contribution in [2.45, 2.75) is 40.2 Å². The second-order valence-electron chi connectivity index (χ2n) is 5.73. The van der Waals surface area contributed by atoms with Crippen molar-refractivity contribution in [3.8, 4) is 0 Å². The van der Waals surface area contributed by atoms with Crippen LogP contribution in [0.4, 0.5) is 0 Å². The fourth-order valence-corrected chi connectivity index (χ4v) is 2.12. The number of hydrogen-bond acceptors (Lipinski definition) is 3. The van der Waals surface area contributed by atoms with Crippen LogP contribution < -0.4 is 0 Å². The molecule has 4 heteroatoms. The van der Waals surface area contributed by atoms with Gasteiger partial charge in [0.1, 0.15) is 0 Å². The van der Waals surface area contributed by atoms with Crippen LogP contribution in [-0.4, -0.2) is 61.1 Å². The predicted octanol–water partition coefficient (Wildman–Crippen LogP) is 1.60. The van der Waals surface area contributed by atoms with Crippen molar-refractivity contribution in [2.75, 3.05) is 39.4 Å². The molecular weight excluding hydrogens is 228 g/mol. The topological polar surface area (TPSA) is 32.8 Å². The highest BCUT2D eigenvalue weighted by molar-refractivity contribution is 5.76. The van der Waals surface area contributed by atoms with Crippen LogP contribution in [-0.2, 0) is 9.53 Å². The van der Waals surface area contributed by atoms with Gasteiger partial charge in [-0.2, -0.15) is 0 Å². The monoisotopic (exact) mass is 256 g/mol. The second kappa shape index (κ2) is 7.74. The summed E-state index contributed by atoms with van der Waals surface area (Å²) in [6, 6.07) is 0.580. The highest BCUT2D eigenvalue weighted by Gasteiger charge is 2.21. The van der Waals surface area contributed by atoms with Gasteiger partial charge in [0.05, 0.1) is 13.0 Å². The van der Waals surface area contributed by atoms with Gasteiger partial charge in [-0.05, 0) is 19.8 Å². The van der Waals surface area contributed by atoms with Crippen LogP contribution in [0.15, 0.2) is 0 Å². The lowest BCUT2D eigenvalue weighted by molar-refractivity contribution is -0.134. The zero-order valence-corrected chi connectivity index (χ0v) is 12.3. The first-order chi connectivity index (χ1) is 8.50. The molecule has 0 aromatic rings. The summed E-state index contributed by atoms with van der Waals surface area (Å²) in [4.78, 5) is 16.3. The van der Waals surface area contributed by atoms with E-state index in [-0.39, 0.29) is 5.91 Å². The van der Waals surface area contributed by atoms with Crippen LogP contribution in [0.5, 0.6) is 0 Å². The summed E-state index contributed by atoms with van der Waals surface area (Å²) in [6.07, 6.45) is 0.522. The van der Waals surface area contributed by atoms with Gasteiger partial charge in [0, 0.05) is 38.8 Å². The molecule has 1 fully saturated rings. The van der Waals surface area contributed by atoms with E-state index in [4.69, 9.17) is 4.74 Å². The molecule has 18 heavy (non-hydrogen) atoms. The minimum absolute atomic E-state index is 0.238. The molecule has 0 N–H and O–H groups in total. The molecule has 0 aromatic heterocycles. The molecule has 0 unspecified atom stereocenters. The molecule has 0 saturated carbocycles. The Hall–Kier alpha value is -0.610. The molecule has 1 amide bonds. The van der Waals surface area contributed by atoms with E-state index in [1.807, 2.05) is 4.90 Å². The van der Waals surface area contributed by atoms with E-state index in [9.17, 15) is 4.79 Å². The lowest BCUT2D eigenvalue weighted by Crippen LogP contribution is -2.50. The summed E-state index contributed by atoms with van der Waals surface area (Å²) in [5.41, 5.74) is 0. The number of ether oxygens (including phenoxy) is 1. The summed E-state index contributed by atoms with van der Waals surface area (Å²) < 4.78 is 5.46. The van der Waals surface area contributed by atoms with Crippen molar-refractivity contribution >= 4 is 5.91 Å². The third kappa shape index (κ3) is 5.36. The molecule has 1 aliphatic rings. The van der Waals surface area contributed by atoms with E-state index < -0.39 is 0 Å². The Bertz CT molecular complexity index is 246. The number of amides is 1. The first kappa shape index (κ1) is 15.4. The highest BCUT2D eigenvalue weighted by atomic mass is 16.5. The van der Waals surface area contributed by atoms with Crippen molar-refractivity contribution in [1.29, 1.82) is 0 Å². The van der Waals surface area contributed by atoms with Crippen molar-refractivity contribution in [2.24, 2.45) is 5.92 Å². The number of piperazine rings is 1. The maximum atomic E-state index is 11.9. The summed E-state index contributed by atoms with van der Waals surface area (Å²) in [5.74, 6) is 0.775. The van der Waals surface area contributed by atoms with Gasteiger partial charge in [-0.3, -0.25) is 9.69 Å². The van der Waals surface area contributed by atoms with Crippen molar-refractivity contribution in [1.82, 2.24) is 9.80 Å².